The van der Waals surface area contributed by atoms with Gasteiger partial charge in [-0.05, 0) is 24.3 Å². The summed E-state index contributed by atoms with van der Waals surface area (Å²) in [6.45, 7) is 0. The van der Waals surface area contributed by atoms with Gasteiger partial charge in [0.1, 0.15) is 5.75 Å². The standard InChI is InChI=1S/C12H8Cl3NO/c13-8-5-6-9(14)12(7-8)17-11-4-2-1-3-10(11)16-15/h1-7,16H. The zero-order valence-corrected chi connectivity index (χ0v) is 10.9. The Hall–Kier alpha value is -1.09. The third kappa shape index (κ3) is 2.97. The van der Waals surface area contributed by atoms with Gasteiger partial charge >= 0.3 is 0 Å². The fourth-order valence-electron chi connectivity index (χ4n) is 1.31. The topological polar surface area (TPSA) is 21.3 Å². The summed E-state index contributed by atoms with van der Waals surface area (Å²) in [5, 5.41) is 1.04. The molecule has 0 aromatic heterocycles. The van der Waals surface area contributed by atoms with Crippen LogP contribution in [0.25, 0.3) is 0 Å². The van der Waals surface area contributed by atoms with E-state index in [9.17, 15) is 0 Å². The van der Waals surface area contributed by atoms with Gasteiger partial charge in [0.2, 0.25) is 0 Å². The summed E-state index contributed by atoms with van der Waals surface area (Å²) in [4.78, 5) is 2.52. The van der Waals surface area contributed by atoms with Crippen LogP contribution < -0.4 is 9.57 Å². The molecule has 0 heterocycles. The first-order chi connectivity index (χ1) is 8.20. The lowest BCUT2D eigenvalue weighted by atomic mass is 10.3. The third-order valence-corrected chi connectivity index (χ3v) is 2.85. The second kappa shape index (κ2) is 5.50. The van der Waals surface area contributed by atoms with Crippen molar-refractivity contribution >= 4 is 40.7 Å². The van der Waals surface area contributed by atoms with Gasteiger partial charge in [0.15, 0.2) is 5.75 Å². The lowest BCUT2D eigenvalue weighted by Gasteiger charge is -2.11. The van der Waals surface area contributed by atoms with Crippen LogP contribution in [0.5, 0.6) is 11.5 Å². The van der Waals surface area contributed by atoms with E-state index in [0.717, 1.165) is 0 Å². The molecule has 2 nitrogen and oxygen atoms in total. The molecule has 2 aromatic rings. The first-order valence-corrected chi connectivity index (χ1v) is 5.92. The number of hydrogen-bond donors (Lipinski definition) is 1. The molecule has 1 N–H and O–H groups in total. The number of hydrogen-bond acceptors (Lipinski definition) is 2. The fourth-order valence-corrected chi connectivity index (χ4v) is 1.78. The monoisotopic (exact) mass is 287 g/mol. The Bertz CT molecular complexity index is 531. The van der Waals surface area contributed by atoms with Gasteiger partial charge in [-0.2, -0.15) is 0 Å². The molecule has 0 amide bonds. The van der Waals surface area contributed by atoms with Crippen molar-refractivity contribution in [1.82, 2.24) is 0 Å². The van der Waals surface area contributed by atoms with Crippen LogP contribution >= 0.6 is 35.0 Å². The maximum atomic E-state index is 6.00. The molecule has 0 bridgehead atoms. The van der Waals surface area contributed by atoms with Gasteiger partial charge in [-0.15, -0.1) is 0 Å². The van der Waals surface area contributed by atoms with Crippen molar-refractivity contribution in [3.63, 3.8) is 0 Å². The molecular formula is C12H8Cl3NO. The van der Waals surface area contributed by atoms with Crippen molar-refractivity contribution in [1.29, 1.82) is 0 Å². The average molecular weight is 289 g/mol. The molecule has 2 aromatic carbocycles. The van der Waals surface area contributed by atoms with Gasteiger partial charge in [0.25, 0.3) is 0 Å². The van der Waals surface area contributed by atoms with E-state index in [4.69, 9.17) is 39.7 Å². The number of para-hydroxylation sites is 2. The Morgan fingerprint density at radius 2 is 1.71 bits per heavy atom. The van der Waals surface area contributed by atoms with E-state index in [1.165, 1.54) is 0 Å². The fraction of sp³-hybridized carbons (Fsp3) is 0. The summed E-state index contributed by atoms with van der Waals surface area (Å²) < 4.78 is 5.65. The molecule has 2 rings (SSSR count). The number of rotatable bonds is 3. The molecule has 0 aliphatic rings. The maximum Gasteiger partial charge on any atom is 0.151 e. The van der Waals surface area contributed by atoms with E-state index < -0.39 is 0 Å². The van der Waals surface area contributed by atoms with E-state index in [0.29, 0.717) is 27.2 Å². The highest BCUT2D eigenvalue weighted by molar-refractivity contribution is 6.34. The molecule has 0 aliphatic carbocycles. The Balaban J connectivity index is 2.34. The summed E-state index contributed by atoms with van der Waals surface area (Å²) in [7, 11) is 0. The minimum atomic E-state index is 0.485. The van der Waals surface area contributed by atoms with Crippen LogP contribution in [0.2, 0.25) is 10.0 Å². The van der Waals surface area contributed by atoms with Gasteiger partial charge in [-0.1, -0.05) is 35.3 Å². The zero-order chi connectivity index (χ0) is 12.3. The van der Waals surface area contributed by atoms with Crippen LogP contribution in [0.3, 0.4) is 0 Å². The van der Waals surface area contributed by atoms with Crippen LogP contribution in [0.1, 0.15) is 0 Å². The Kier molecular flexibility index (Phi) is 4.00. The van der Waals surface area contributed by atoms with Crippen molar-refractivity contribution in [3.05, 3.63) is 52.5 Å². The molecule has 0 spiro atoms. The first-order valence-electron chi connectivity index (χ1n) is 4.79. The molecule has 88 valence electrons. The molecule has 0 saturated heterocycles. The molecule has 0 fully saturated rings. The van der Waals surface area contributed by atoms with Crippen LogP contribution in [-0.4, -0.2) is 0 Å². The summed E-state index contributed by atoms with van der Waals surface area (Å²) in [6, 6.07) is 12.3. The van der Waals surface area contributed by atoms with Crippen molar-refractivity contribution < 1.29 is 4.74 Å². The van der Waals surface area contributed by atoms with E-state index in [-0.39, 0.29) is 0 Å². The quantitative estimate of drug-likeness (QED) is 0.769. The zero-order valence-electron chi connectivity index (χ0n) is 8.58. The predicted octanol–water partition coefficient (Wildman–Crippen LogP) is 5.35. The number of ether oxygens (including phenoxy) is 1. The number of halogens is 3. The van der Waals surface area contributed by atoms with Crippen LogP contribution in [0.4, 0.5) is 5.69 Å². The van der Waals surface area contributed by atoms with Gasteiger partial charge in [-0.25, -0.2) is 0 Å². The SMILES string of the molecule is ClNc1ccccc1Oc1cc(Cl)ccc1Cl. The molecule has 17 heavy (non-hydrogen) atoms. The van der Waals surface area contributed by atoms with E-state index >= 15 is 0 Å². The Labute approximate surface area is 114 Å². The normalized spacial score (nSPS) is 10.1. The molecule has 0 atom stereocenters. The molecule has 5 heteroatoms. The number of benzene rings is 2. The van der Waals surface area contributed by atoms with E-state index in [1.807, 2.05) is 12.1 Å². The average Bonchev–Trinajstić information content (AvgIpc) is 2.34. The number of nitrogens with one attached hydrogen (secondary N) is 1. The minimum Gasteiger partial charge on any atom is -0.454 e. The summed E-state index contributed by atoms with van der Waals surface area (Å²) in [5.74, 6) is 1.06. The van der Waals surface area contributed by atoms with E-state index in [2.05, 4.69) is 4.84 Å². The Morgan fingerprint density at radius 1 is 0.941 bits per heavy atom. The van der Waals surface area contributed by atoms with Gasteiger partial charge in [-0.3, -0.25) is 4.84 Å². The Morgan fingerprint density at radius 3 is 2.47 bits per heavy atom. The molecule has 0 aliphatic heterocycles. The van der Waals surface area contributed by atoms with Crippen molar-refractivity contribution in [2.24, 2.45) is 0 Å². The lowest BCUT2D eigenvalue weighted by Crippen LogP contribution is -1.89. The predicted molar refractivity (Wildman–Crippen MR) is 72.5 cm³/mol. The van der Waals surface area contributed by atoms with Gasteiger partial charge < -0.3 is 4.74 Å². The largest absolute Gasteiger partial charge is 0.454 e. The maximum absolute atomic E-state index is 6.00. The smallest absolute Gasteiger partial charge is 0.151 e. The molecule has 0 unspecified atom stereocenters. The van der Waals surface area contributed by atoms with Crippen LogP contribution in [0, 0.1) is 0 Å². The van der Waals surface area contributed by atoms with Crippen molar-refractivity contribution in [3.8, 4) is 11.5 Å². The summed E-state index contributed by atoms with van der Waals surface area (Å²) in [5.41, 5.74) is 0.658. The minimum absolute atomic E-state index is 0.485. The summed E-state index contributed by atoms with van der Waals surface area (Å²) in [6.07, 6.45) is 0. The lowest BCUT2D eigenvalue weighted by molar-refractivity contribution is 0.485. The van der Waals surface area contributed by atoms with Crippen LogP contribution in [-0.2, 0) is 0 Å². The highest BCUT2D eigenvalue weighted by Gasteiger charge is 2.07. The number of anilines is 1. The van der Waals surface area contributed by atoms with Crippen LogP contribution in [0.15, 0.2) is 42.5 Å². The molecule has 0 radical (unpaired) electrons. The molecule has 0 saturated carbocycles. The third-order valence-electron chi connectivity index (χ3n) is 2.10. The first kappa shape index (κ1) is 12.4. The molecular weight excluding hydrogens is 280 g/mol. The second-order valence-electron chi connectivity index (χ2n) is 3.27. The van der Waals surface area contributed by atoms with E-state index in [1.54, 1.807) is 30.3 Å². The highest BCUT2D eigenvalue weighted by Crippen LogP contribution is 2.35. The van der Waals surface area contributed by atoms with Gasteiger partial charge in [0, 0.05) is 22.9 Å². The summed E-state index contributed by atoms with van der Waals surface area (Å²) >= 11 is 17.5. The van der Waals surface area contributed by atoms with Crippen molar-refractivity contribution in [2.45, 2.75) is 0 Å². The highest BCUT2D eigenvalue weighted by atomic mass is 35.5. The van der Waals surface area contributed by atoms with Crippen molar-refractivity contribution in [2.75, 3.05) is 4.84 Å². The van der Waals surface area contributed by atoms with Gasteiger partial charge in [0.05, 0.1) is 10.7 Å². The second-order valence-corrected chi connectivity index (χ2v) is 4.30.